The van der Waals surface area contributed by atoms with Gasteiger partial charge in [0.15, 0.2) is 23.6 Å². The van der Waals surface area contributed by atoms with Crippen molar-refractivity contribution >= 4 is 17.1 Å². The number of nitrogen functional groups attached to an aromatic ring is 1. The highest BCUT2D eigenvalue weighted by Gasteiger charge is 2.57. The zero-order chi connectivity index (χ0) is 18.2. The second kappa shape index (κ2) is 6.65. The first-order valence-corrected chi connectivity index (χ1v) is 7.55. The number of aliphatic hydroxyl groups is 2. The molecular weight excluding hydrogens is 339 g/mol. The molecule has 0 amide bonds. The lowest BCUT2D eigenvalue weighted by Crippen LogP contribution is -2.48. The summed E-state index contributed by atoms with van der Waals surface area (Å²) in [5.41, 5.74) is 4.85. The number of hydrogen-bond donors (Lipinski definition) is 5. The first-order chi connectivity index (χ1) is 11.9. The lowest BCUT2D eigenvalue weighted by atomic mass is 10.1. The highest BCUT2D eigenvalue weighted by Crippen LogP contribution is 2.40. The van der Waals surface area contributed by atoms with E-state index in [1.54, 1.807) is 7.05 Å². The van der Waals surface area contributed by atoms with Crippen LogP contribution in [0.5, 0.6) is 0 Å². The predicted molar refractivity (Wildman–Crippen MR) is 83.3 cm³/mol. The van der Waals surface area contributed by atoms with Gasteiger partial charge in [0.05, 0.1) is 12.9 Å². The molecule has 0 bridgehead atoms. The summed E-state index contributed by atoms with van der Waals surface area (Å²) in [5.74, 6) is -2.11. The standard InChI is InChI=1S/C13H19FN6O5/c1-16-2-3-24-13(4-21)8(22)6(14)11(25-13)20-5-17-7-9(20)18-12(15)19-10(7)23/h5-6,8,11,16,21-22H,2-4H2,1H3,(H3,15,18,19,23)/t6-,8-,11+,13+/m0/s1. The number of anilines is 1. The van der Waals surface area contributed by atoms with Gasteiger partial charge in [0.25, 0.3) is 5.56 Å². The zero-order valence-electron chi connectivity index (χ0n) is 13.3. The maximum atomic E-state index is 14.7. The fourth-order valence-corrected chi connectivity index (χ4v) is 2.70. The molecule has 3 heterocycles. The largest absolute Gasteiger partial charge is 0.391 e. The Balaban J connectivity index is 1.97. The summed E-state index contributed by atoms with van der Waals surface area (Å²) in [4.78, 5) is 21.9. The molecule has 0 radical (unpaired) electrons. The molecular formula is C13H19FN6O5. The number of nitrogens with two attached hydrogens (primary N) is 1. The molecule has 138 valence electrons. The maximum absolute atomic E-state index is 14.7. The Morgan fingerprint density at radius 2 is 2.40 bits per heavy atom. The Hall–Kier alpha value is -2.12. The third kappa shape index (κ3) is 2.87. The molecule has 0 unspecified atom stereocenters. The van der Waals surface area contributed by atoms with Crippen LogP contribution >= 0.6 is 0 Å². The second-order valence-corrected chi connectivity index (χ2v) is 5.59. The minimum absolute atomic E-state index is 0.00920. The van der Waals surface area contributed by atoms with Gasteiger partial charge in [-0.2, -0.15) is 4.98 Å². The Kier molecular flexibility index (Phi) is 4.71. The molecule has 0 saturated carbocycles. The summed E-state index contributed by atoms with van der Waals surface area (Å²) in [6, 6.07) is 0. The van der Waals surface area contributed by atoms with E-state index < -0.39 is 36.5 Å². The van der Waals surface area contributed by atoms with E-state index in [4.69, 9.17) is 15.2 Å². The predicted octanol–water partition coefficient (Wildman–Crippen LogP) is -2.15. The van der Waals surface area contributed by atoms with Crippen LogP contribution < -0.4 is 16.6 Å². The normalized spacial score (nSPS) is 29.5. The van der Waals surface area contributed by atoms with Crippen molar-refractivity contribution in [2.45, 2.75) is 24.3 Å². The molecule has 2 aromatic rings. The summed E-state index contributed by atoms with van der Waals surface area (Å²) in [7, 11) is 1.69. The fourth-order valence-electron chi connectivity index (χ4n) is 2.70. The number of hydrogen-bond acceptors (Lipinski definition) is 9. The van der Waals surface area contributed by atoms with E-state index in [2.05, 4.69) is 20.3 Å². The SMILES string of the molecule is CNCCO[C@]1(CO)O[C@@H](n2cnc3c(=O)[nH]c(N)nc32)[C@@H](F)[C@@H]1O. The van der Waals surface area contributed by atoms with E-state index >= 15 is 0 Å². The van der Waals surface area contributed by atoms with Crippen molar-refractivity contribution in [3.63, 3.8) is 0 Å². The number of alkyl halides is 1. The van der Waals surface area contributed by atoms with Crippen molar-refractivity contribution in [1.82, 2.24) is 24.8 Å². The van der Waals surface area contributed by atoms with Crippen LogP contribution in [0.1, 0.15) is 6.23 Å². The Morgan fingerprint density at radius 1 is 1.64 bits per heavy atom. The molecule has 0 spiro atoms. The van der Waals surface area contributed by atoms with Crippen molar-refractivity contribution in [3.05, 3.63) is 16.7 Å². The summed E-state index contributed by atoms with van der Waals surface area (Å²) >= 11 is 0. The molecule has 3 rings (SSSR count). The molecule has 0 aliphatic carbocycles. The van der Waals surface area contributed by atoms with Crippen LogP contribution in [0.2, 0.25) is 0 Å². The molecule has 4 atom stereocenters. The number of aromatic amines is 1. The monoisotopic (exact) mass is 358 g/mol. The molecule has 12 heteroatoms. The minimum Gasteiger partial charge on any atom is -0.391 e. The molecule has 0 aromatic carbocycles. The molecule has 11 nitrogen and oxygen atoms in total. The number of H-pyrrole nitrogens is 1. The number of imidazole rings is 1. The quantitative estimate of drug-likeness (QED) is 0.363. The molecule has 25 heavy (non-hydrogen) atoms. The number of ether oxygens (including phenoxy) is 2. The van der Waals surface area contributed by atoms with Gasteiger partial charge >= 0.3 is 0 Å². The summed E-state index contributed by atoms with van der Waals surface area (Å²) in [5, 5.41) is 22.6. The first-order valence-electron chi connectivity index (χ1n) is 7.55. The summed E-state index contributed by atoms with van der Waals surface area (Å²) in [6.45, 7) is -0.290. The number of nitrogens with zero attached hydrogens (tertiary/aromatic N) is 3. The van der Waals surface area contributed by atoms with Gasteiger partial charge in [-0.1, -0.05) is 0 Å². The van der Waals surface area contributed by atoms with E-state index in [1.807, 2.05) is 0 Å². The number of rotatable bonds is 6. The van der Waals surface area contributed by atoms with E-state index in [1.165, 1.54) is 0 Å². The third-order valence-corrected chi connectivity index (χ3v) is 3.99. The third-order valence-electron chi connectivity index (χ3n) is 3.99. The van der Waals surface area contributed by atoms with Crippen molar-refractivity contribution in [2.24, 2.45) is 0 Å². The summed E-state index contributed by atoms with van der Waals surface area (Å²) < 4.78 is 26.7. The van der Waals surface area contributed by atoms with E-state index in [0.29, 0.717) is 6.54 Å². The smallest absolute Gasteiger partial charge is 0.280 e. The molecule has 6 N–H and O–H groups in total. The number of aliphatic hydroxyl groups excluding tert-OH is 2. The average molecular weight is 358 g/mol. The van der Waals surface area contributed by atoms with Crippen LogP contribution in [-0.4, -0.2) is 74.6 Å². The van der Waals surface area contributed by atoms with Crippen molar-refractivity contribution < 1.29 is 24.1 Å². The highest BCUT2D eigenvalue weighted by atomic mass is 19.1. The summed E-state index contributed by atoms with van der Waals surface area (Å²) in [6.07, 6.45) is -3.97. The highest BCUT2D eigenvalue weighted by molar-refractivity contribution is 5.70. The van der Waals surface area contributed by atoms with Crippen LogP contribution in [0, 0.1) is 0 Å². The number of aromatic nitrogens is 4. The van der Waals surface area contributed by atoms with Gasteiger partial charge < -0.3 is 30.7 Å². The van der Waals surface area contributed by atoms with Crippen molar-refractivity contribution in [2.75, 3.05) is 32.5 Å². The van der Waals surface area contributed by atoms with E-state index in [-0.39, 0.29) is 23.7 Å². The minimum atomic E-state index is -1.96. The first kappa shape index (κ1) is 17.7. The van der Waals surface area contributed by atoms with Gasteiger partial charge in [-0.3, -0.25) is 14.3 Å². The Labute approximate surface area is 140 Å². The van der Waals surface area contributed by atoms with Gasteiger partial charge in [-0.15, -0.1) is 0 Å². The molecule has 1 aliphatic heterocycles. The van der Waals surface area contributed by atoms with Crippen molar-refractivity contribution in [3.8, 4) is 0 Å². The van der Waals surface area contributed by atoms with E-state index in [0.717, 1.165) is 10.9 Å². The van der Waals surface area contributed by atoms with Gasteiger partial charge in [0.1, 0.15) is 12.7 Å². The van der Waals surface area contributed by atoms with Crippen LogP contribution in [0.4, 0.5) is 10.3 Å². The lowest BCUT2D eigenvalue weighted by molar-refractivity contribution is -0.280. The second-order valence-electron chi connectivity index (χ2n) is 5.59. The van der Waals surface area contributed by atoms with Gasteiger partial charge in [0, 0.05) is 6.54 Å². The van der Waals surface area contributed by atoms with Gasteiger partial charge in [0.2, 0.25) is 11.7 Å². The van der Waals surface area contributed by atoms with Crippen LogP contribution in [-0.2, 0) is 9.47 Å². The van der Waals surface area contributed by atoms with Gasteiger partial charge in [-0.25, -0.2) is 9.37 Å². The lowest BCUT2D eigenvalue weighted by Gasteiger charge is -2.29. The molecule has 1 saturated heterocycles. The molecule has 2 aromatic heterocycles. The van der Waals surface area contributed by atoms with Crippen LogP contribution in [0.25, 0.3) is 11.2 Å². The molecule has 1 aliphatic rings. The van der Waals surface area contributed by atoms with Crippen LogP contribution in [0.15, 0.2) is 11.1 Å². The van der Waals surface area contributed by atoms with Crippen molar-refractivity contribution in [1.29, 1.82) is 0 Å². The average Bonchev–Trinajstić information content (AvgIpc) is 3.10. The van der Waals surface area contributed by atoms with Gasteiger partial charge in [-0.05, 0) is 7.05 Å². The van der Waals surface area contributed by atoms with E-state index in [9.17, 15) is 19.4 Å². The number of nitrogens with one attached hydrogen (secondary N) is 2. The molecule has 1 fully saturated rings. The zero-order valence-corrected chi connectivity index (χ0v) is 13.3. The Morgan fingerprint density at radius 3 is 3.08 bits per heavy atom. The number of halogens is 1. The number of likely N-dealkylation sites (N-methyl/N-ethyl adjacent to an activating group) is 1. The topological polar surface area (TPSA) is 161 Å². The van der Waals surface area contributed by atoms with Crippen LogP contribution in [0.3, 0.4) is 0 Å². The number of fused-ring (bicyclic) bond motifs is 1. The maximum Gasteiger partial charge on any atom is 0.280 e. The Bertz CT molecular complexity index is 812. The fraction of sp³-hybridized carbons (Fsp3) is 0.615.